The molecule has 1 fully saturated rings. The number of aromatic amines is 1. The van der Waals surface area contributed by atoms with Crippen molar-refractivity contribution in [1.82, 2.24) is 29.8 Å². The lowest BCUT2D eigenvalue weighted by Crippen LogP contribution is -2.33. The van der Waals surface area contributed by atoms with E-state index in [9.17, 15) is 31.1 Å². The molecule has 1 amide bonds. The van der Waals surface area contributed by atoms with E-state index in [1.54, 1.807) is 33.4 Å². The average Bonchev–Trinajstić information content (AvgIpc) is 3.54. The quantitative estimate of drug-likeness (QED) is 0.290. The van der Waals surface area contributed by atoms with Crippen LogP contribution in [0.4, 0.5) is 32.3 Å². The highest BCUT2D eigenvalue weighted by molar-refractivity contribution is 6.03. The number of carbonyl (C=O) groups is 1. The zero-order valence-electron chi connectivity index (χ0n) is 22.2. The van der Waals surface area contributed by atoms with Crippen LogP contribution >= 0.6 is 0 Å². The van der Waals surface area contributed by atoms with Crippen LogP contribution in [0, 0.1) is 0 Å². The molecule has 0 bridgehead atoms. The minimum atomic E-state index is -4.72. The van der Waals surface area contributed by atoms with Crippen LogP contribution in [-0.2, 0) is 24.0 Å². The van der Waals surface area contributed by atoms with Crippen molar-refractivity contribution >= 4 is 22.9 Å². The van der Waals surface area contributed by atoms with E-state index >= 15 is 0 Å². The summed E-state index contributed by atoms with van der Waals surface area (Å²) in [6.45, 7) is 2.37. The maximum absolute atomic E-state index is 13.7. The van der Waals surface area contributed by atoms with Gasteiger partial charge in [0.2, 0.25) is 5.62 Å². The summed E-state index contributed by atoms with van der Waals surface area (Å²) in [5.74, 6) is -0.480. The van der Waals surface area contributed by atoms with E-state index in [2.05, 4.69) is 30.7 Å². The number of ether oxygens (including phenoxy) is 1. The summed E-state index contributed by atoms with van der Waals surface area (Å²) in [6, 6.07) is 9.61. The number of fused-ring (bicyclic) bond motifs is 1. The molecule has 2 aromatic carbocycles. The highest BCUT2D eigenvalue weighted by Crippen LogP contribution is 2.32. The molecule has 0 radical (unpaired) electrons. The van der Waals surface area contributed by atoms with Crippen LogP contribution in [0.5, 0.6) is 0 Å². The molecule has 0 saturated heterocycles. The summed E-state index contributed by atoms with van der Waals surface area (Å²) >= 11 is 0. The monoisotopic (exact) mass is 596 g/mol. The molecular formula is C26H26F6N8O2. The fourth-order valence-corrected chi connectivity index (χ4v) is 5.09. The second kappa shape index (κ2) is 11.6. The van der Waals surface area contributed by atoms with Crippen molar-refractivity contribution in [2.75, 3.05) is 5.32 Å². The molecule has 2 N–H and O–H groups in total. The number of benzene rings is 2. The van der Waals surface area contributed by atoms with Crippen molar-refractivity contribution in [3.8, 4) is 0 Å². The van der Waals surface area contributed by atoms with Gasteiger partial charge in [0.15, 0.2) is 0 Å². The van der Waals surface area contributed by atoms with E-state index in [-0.39, 0.29) is 31.4 Å². The van der Waals surface area contributed by atoms with Gasteiger partial charge in [0.05, 0.1) is 35.3 Å². The number of nitrogens with one attached hydrogen (secondary N) is 2. The fourth-order valence-electron chi connectivity index (χ4n) is 5.09. The first-order valence-corrected chi connectivity index (χ1v) is 13.1. The van der Waals surface area contributed by atoms with Crippen LogP contribution in [0.25, 0.3) is 11.0 Å². The lowest BCUT2D eigenvalue weighted by atomic mass is 9.93. The van der Waals surface area contributed by atoms with Crippen molar-refractivity contribution in [2.24, 2.45) is 4.99 Å². The van der Waals surface area contributed by atoms with Crippen molar-refractivity contribution in [1.29, 1.82) is 0 Å². The number of carbonyl (C=O) groups excluding carboxylic acids is 1. The van der Waals surface area contributed by atoms with Crippen molar-refractivity contribution in [2.45, 2.75) is 70.4 Å². The second-order valence-corrected chi connectivity index (χ2v) is 9.84. The summed E-state index contributed by atoms with van der Waals surface area (Å²) in [5.41, 5.74) is 1.41. The molecule has 2 heterocycles. The smallest absolute Gasteiger partial charge is 0.310 e. The fraction of sp³-hybridized carbons (Fsp3) is 0.423. The highest BCUT2D eigenvalue weighted by Gasteiger charge is 2.35. The Morgan fingerprint density at radius 1 is 1.02 bits per heavy atom. The number of aromatic nitrogens is 6. The third-order valence-electron chi connectivity index (χ3n) is 7.05. The number of hydrogen-bond donors (Lipinski definition) is 2. The number of anilines is 1. The van der Waals surface area contributed by atoms with Crippen molar-refractivity contribution in [3.63, 3.8) is 0 Å². The zero-order valence-corrected chi connectivity index (χ0v) is 22.2. The number of alkyl halides is 6. The Morgan fingerprint density at radius 3 is 2.33 bits per heavy atom. The molecule has 0 atom stereocenters. The predicted molar refractivity (Wildman–Crippen MR) is 137 cm³/mol. The van der Waals surface area contributed by atoms with Crippen molar-refractivity contribution < 1.29 is 35.9 Å². The van der Waals surface area contributed by atoms with Gasteiger partial charge in [-0.25, -0.2) is 4.99 Å². The van der Waals surface area contributed by atoms with Crippen molar-refractivity contribution in [3.05, 3.63) is 64.8 Å². The van der Waals surface area contributed by atoms with Crippen LogP contribution in [0.2, 0.25) is 0 Å². The molecule has 42 heavy (non-hydrogen) atoms. The van der Waals surface area contributed by atoms with Crippen LogP contribution in [-0.4, -0.2) is 54.2 Å². The highest BCUT2D eigenvalue weighted by atomic mass is 19.4. The topological polar surface area (TPSA) is 115 Å². The van der Waals surface area contributed by atoms with E-state index in [1.807, 2.05) is 6.92 Å². The summed E-state index contributed by atoms with van der Waals surface area (Å²) in [4.78, 5) is 17.3. The SMILES string of the molecule is CCn1c(=NC2CCC(OC(F)(F)F)CC2)n(Cc2ccc(C(=O)Nc3nn[nH]n3)cc2)c2cc(C(F)(F)F)ccc21. The number of imidazole rings is 1. The van der Waals surface area contributed by atoms with Gasteiger partial charge in [-0.3, -0.25) is 14.8 Å². The second-order valence-electron chi connectivity index (χ2n) is 9.84. The molecule has 1 aliphatic carbocycles. The molecule has 2 aromatic heterocycles. The molecule has 1 aliphatic rings. The predicted octanol–water partition coefficient (Wildman–Crippen LogP) is 5.04. The molecule has 0 unspecified atom stereocenters. The number of hydrogen-bond acceptors (Lipinski definition) is 6. The molecule has 224 valence electrons. The van der Waals surface area contributed by atoms with Gasteiger partial charge in [-0.15, -0.1) is 18.3 Å². The average molecular weight is 597 g/mol. The largest absolute Gasteiger partial charge is 0.522 e. The minimum Gasteiger partial charge on any atom is -0.310 e. The normalized spacial score (nSPS) is 18.5. The van der Waals surface area contributed by atoms with E-state index < -0.39 is 30.1 Å². The summed E-state index contributed by atoms with van der Waals surface area (Å²) in [5, 5.41) is 15.4. The Bertz CT molecular complexity index is 1600. The standard InChI is InChI=1S/C26H26F6N8O2/c1-2-39-20-12-7-17(25(27,28)29)13-21(20)40(24(39)33-18-8-10-19(11-9-18)42-26(30,31)32)14-15-3-5-16(6-4-15)22(41)34-23-35-37-38-36-23/h3-7,12-13,18-19H,2,8-11,14H2,1H3,(H2,34,35,36,37,38,41). The number of amides is 1. The molecule has 0 aliphatic heterocycles. The van der Waals surface area contributed by atoms with E-state index in [0.717, 1.165) is 12.1 Å². The van der Waals surface area contributed by atoms with Gasteiger partial charge in [-0.1, -0.05) is 17.2 Å². The Morgan fingerprint density at radius 2 is 1.74 bits per heavy atom. The zero-order chi connectivity index (χ0) is 30.1. The molecule has 16 heteroatoms. The Hall–Kier alpha value is -4.21. The van der Waals surface area contributed by atoms with E-state index in [4.69, 9.17) is 4.99 Å². The number of tetrazole rings is 1. The van der Waals surface area contributed by atoms with Gasteiger partial charge in [-0.2, -0.15) is 18.4 Å². The lowest BCUT2D eigenvalue weighted by Gasteiger charge is -2.26. The van der Waals surface area contributed by atoms with Crippen LogP contribution in [0.1, 0.15) is 54.1 Å². The number of halogens is 6. The van der Waals surface area contributed by atoms with Crippen LogP contribution < -0.4 is 10.9 Å². The molecule has 1 saturated carbocycles. The maximum atomic E-state index is 13.7. The third-order valence-corrected chi connectivity index (χ3v) is 7.05. The molecule has 0 spiro atoms. The van der Waals surface area contributed by atoms with E-state index in [0.29, 0.717) is 47.2 Å². The van der Waals surface area contributed by atoms with Gasteiger partial charge < -0.3 is 9.13 Å². The van der Waals surface area contributed by atoms with Crippen LogP contribution in [0.15, 0.2) is 47.5 Å². The first kappa shape index (κ1) is 29.3. The Labute approximate surface area is 234 Å². The summed E-state index contributed by atoms with van der Waals surface area (Å²) in [7, 11) is 0. The molecule has 4 aromatic rings. The van der Waals surface area contributed by atoms with Gasteiger partial charge in [0.1, 0.15) is 0 Å². The summed E-state index contributed by atoms with van der Waals surface area (Å²) < 4.78 is 86.6. The maximum Gasteiger partial charge on any atom is 0.522 e. The minimum absolute atomic E-state index is 0.00210. The number of rotatable bonds is 7. The number of nitrogens with zero attached hydrogens (tertiary/aromatic N) is 6. The van der Waals surface area contributed by atoms with E-state index in [1.165, 1.54) is 6.07 Å². The van der Waals surface area contributed by atoms with Gasteiger partial charge >= 0.3 is 12.5 Å². The Kier molecular flexibility index (Phi) is 8.08. The first-order chi connectivity index (χ1) is 19.9. The number of H-pyrrole nitrogens is 1. The van der Waals surface area contributed by atoms with Crippen LogP contribution in [0.3, 0.4) is 0 Å². The summed E-state index contributed by atoms with van der Waals surface area (Å²) in [6.07, 6.45) is -9.25. The third kappa shape index (κ3) is 6.64. The first-order valence-electron chi connectivity index (χ1n) is 13.1. The van der Waals surface area contributed by atoms with Gasteiger partial charge in [-0.05, 0) is 73.7 Å². The lowest BCUT2D eigenvalue weighted by molar-refractivity contribution is -0.345. The van der Waals surface area contributed by atoms with Gasteiger partial charge in [0.25, 0.3) is 11.9 Å². The Balaban J connectivity index is 1.49. The number of aryl methyl sites for hydroxylation is 1. The molecule has 10 nitrogen and oxygen atoms in total. The molecular weight excluding hydrogens is 570 g/mol. The van der Waals surface area contributed by atoms with Gasteiger partial charge in [0, 0.05) is 12.1 Å². The molecule has 5 rings (SSSR count).